The van der Waals surface area contributed by atoms with E-state index in [0.717, 1.165) is 30.5 Å². The zero-order chi connectivity index (χ0) is 14.2. The van der Waals surface area contributed by atoms with Gasteiger partial charge in [-0.05, 0) is 43.9 Å². The van der Waals surface area contributed by atoms with Gasteiger partial charge in [0.1, 0.15) is 12.1 Å². The monoisotopic (exact) mass is 271 g/mol. The molecule has 5 nitrogen and oxygen atoms in total. The van der Waals surface area contributed by atoms with Crippen molar-refractivity contribution < 1.29 is 9.90 Å². The number of hydrogen-bond donors (Lipinski definition) is 2. The summed E-state index contributed by atoms with van der Waals surface area (Å²) in [7, 11) is 0. The Morgan fingerprint density at radius 2 is 2.20 bits per heavy atom. The molecule has 1 saturated carbocycles. The fourth-order valence-corrected chi connectivity index (χ4v) is 2.71. The zero-order valence-electron chi connectivity index (χ0n) is 11.4. The molecule has 0 aliphatic heterocycles. The number of benzene rings is 1. The lowest BCUT2D eigenvalue weighted by atomic mass is 9.75. The lowest BCUT2D eigenvalue weighted by Crippen LogP contribution is -2.44. The number of carboxylic acid groups (broad SMARTS) is 1. The van der Waals surface area contributed by atoms with Crippen molar-refractivity contribution in [2.24, 2.45) is 0 Å². The van der Waals surface area contributed by atoms with E-state index < -0.39 is 5.97 Å². The largest absolute Gasteiger partial charge is 0.478 e. The van der Waals surface area contributed by atoms with Crippen molar-refractivity contribution in [1.29, 1.82) is 0 Å². The second-order valence-corrected chi connectivity index (χ2v) is 5.37. The van der Waals surface area contributed by atoms with Crippen LogP contribution in [0.4, 0.5) is 5.82 Å². The molecular weight excluding hydrogens is 254 g/mol. The van der Waals surface area contributed by atoms with Gasteiger partial charge in [0.05, 0.1) is 11.1 Å². The number of carbonyl (C=O) groups is 1. The first-order valence-corrected chi connectivity index (χ1v) is 6.90. The highest BCUT2D eigenvalue weighted by atomic mass is 16.4. The van der Waals surface area contributed by atoms with E-state index >= 15 is 0 Å². The number of nitrogens with zero attached hydrogens (tertiary/aromatic N) is 2. The molecule has 1 aromatic heterocycles. The van der Waals surface area contributed by atoms with E-state index in [1.807, 2.05) is 0 Å². The standard InChI is InChI=1S/C15H17N3O2/c1-2-15(6-3-7-15)18-13-11-5-4-10(14(19)20)8-12(11)16-9-17-13/h4-5,8-9H,2-3,6-7H2,1H3,(H,19,20)(H,16,17,18). The molecule has 5 heteroatoms. The number of anilines is 1. The maximum atomic E-state index is 11.0. The fraction of sp³-hybridized carbons (Fsp3) is 0.400. The molecule has 3 rings (SSSR count). The van der Waals surface area contributed by atoms with Gasteiger partial charge in [-0.1, -0.05) is 6.92 Å². The molecule has 1 fully saturated rings. The molecular formula is C15H17N3O2. The van der Waals surface area contributed by atoms with Gasteiger partial charge in [0.2, 0.25) is 0 Å². The summed E-state index contributed by atoms with van der Waals surface area (Å²) >= 11 is 0. The highest BCUT2D eigenvalue weighted by Gasteiger charge is 2.35. The summed E-state index contributed by atoms with van der Waals surface area (Å²) in [5.41, 5.74) is 1.05. The lowest BCUT2D eigenvalue weighted by molar-refractivity contribution is 0.0697. The van der Waals surface area contributed by atoms with E-state index in [2.05, 4.69) is 22.2 Å². The smallest absolute Gasteiger partial charge is 0.335 e. The van der Waals surface area contributed by atoms with Crippen LogP contribution in [0.1, 0.15) is 43.0 Å². The van der Waals surface area contributed by atoms with Gasteiger partial charge in [0.25, 0.3) is 0 Å². The molecule has 1 aliphatic rings. The van der Waals surface area contributed by atoms with E-state index in [4.69, 9.17) is 5.11 Å². The molecule has 104 valence electrons. The molecule has 0 unspecified atom stereocenters. The van der Waals surface area contributed by atoms with Crippen LogP contribution >= 0.6 is 0 Å². The van der Waals surface area contributed by atoms with Crippen LogP contribution in [-0.2, 0) is 0 Å². The molecule has 1 aromatic carbocycles. The summed E-state index contributed by atoms with van der Waals surface area (Å²) in [4.78, 5) is 19.5. The Kier molecular flexibility index (Phi) is 3.04. The van der Waals surface area contributed by atoms with Gasteiger partial charge in [-0.3, -0.25) is 0 Å². The molecule has 0 amide bonds. The summed E-state index contributed by atoms with van der Waals surface area (Å²) in [5, 5.41) is 13.4. The second kappa shape index (κ2) is 4.74. The van der Waals surface area contributed by atoms with Crippen molar-refractivity contribution in [3.8, 4) is 0 Å². The van der Waals surface area contributed by atoms with Crippen LogP contribution in [0.25, 0.3) is 10.9 Å². The van der Waals surface area contributed by atoms with Gasteiger partial charge < -0.3 is 10.4 Å². The van der Waals surface area contributed by atoms with Gasteiger partial charge in [0, 0.05) is 10.9 Å². The topological polar surface area (TPSA) is 75.1 Å². The van der Waals surface area contributed by atoms with E-state index in [9.17, 15) is 4.79 Å². The lowest BCUT2D eigenvalue weighted by Gasteiger charge is -2.42. The van der Waals surface area contributed by atoms with Crippen LogP contribution in [0.5, 0.6) is 0 Å². The van der Waals surface area contributed by atoms with E-state index in [1.165, 1.54) is 12.7 Å². The minimum atomic E-state index is -0.941. The second-order valence-electron chi connectivity index (χ2n) is 5.37. The number of fused-ring (bicyclic) bond motifs is 1. The van der Waals surface area contributed by atoms with Gasteiger partial charge in [-0.2, -0.15) is 0 Å². The maximum absolute atomic E-state index is 11.0. The average molecular weight is 271 g/mol. The third-order valence-corrected chi connectivity index (χ3v) is 4.25. The normalized spacial score (nSPS) is 16.6. The number of hydrogen-bond acceptors (Lipinski definition) is 4. The van der Waals surface area contributed by atoms with Crippen LogP contribution in [0.3, 0.4) is 0 Å². The van der Waals surface area contributed by atoms with Gasteiger partial charge in [-0.15, -0.1) is 0 Å². The average Bonchev–Trinajstić information content (AvgIpc) is 2.42. The highest BCUT2D eigenvalue weighted by molar-refractivity contribution is 5.96. The number of aromatic carboxylic acids is 1. The SMILES string of the molecule is CCC1(Nc2ncnc3cc(C(=O)O)ccc23)CCC1. The van der Waals surface area contributed by atoms with Gasteiger partial charge in [0.15, 0.2) is 0 Å². The Morgan fingerprint density at radius 1 is 1.40 bits per heavy atom. The quantitative estimate of drug-likeness (QED) is 0.893. The summed E-state index contributed by atoms with van der Waals surface area (Å²) in [6.07, 6.45) is 6.10. The number of rotatable bonds is 4. The number of nitrogens with one attached hydrogen (secondary N) is 1. The van der Waals surface area contributed by atoms with Gasteiger partial charge in [-0.25, -0.2) is 14.8 Å². The van der Waals surface area contributed by atoms with Crippen LogP contribution in [0.2, 0.25) is 0 Å². The first-order chi connectivity index (χ1) is 9.63. The van der Waals surface area contributed by atoms with Crippen molar-refractivity contribution in [3.05, 3.63) is 30.1 Å². The number of carboxylic acids is 1. The molecule has 0 radical (unpaired) electrons. The predicted molar refractivity (Wildman–Crippen MR) is 77.0 cm³/mol. The summed E-state index contributed by atoms with van der Waals surface area (Å²) in [5.74, 6) is -0.141. The Hall–Kier alpha value is -2.17. The van der Waals surface area contributed by atoms with Gasteiger partial charge >= 0.3 is 5.97 Å². The van der Waals surface area contributed by atoms with Crippen molar-refractivity contribution in [1.82, 2.24) is 9.97 Å². The van der Waals surface area contributed by atoms with Crippen LogP contribution in [-0.4, -0.2) is 26.6 Å². The maximum Gasteiger partial charge on any atom is 0.335 e. The Bertz CT molecular complexity index is 660. The summed E-state index contributed by atoms with van der Waals surface area (Å²) < 4.78 is 0. The molecule has 0 spiro atoms. The fourth-order valence-electron chi connectivity index (χ4n) is 2.71. The zero-order valence-corrected chi connectivity index (χ0v) is 11.4. The molecule has 0 bridgehead atoms. The van der Waals surface area contributed by atoms with E-state index in [1.54, 1.807) is 18.2 Å². The Balaban J connectivity index is 2.01. The minimum absolute atomic E-state index is 0.146. The predicted octanol–water partition coefficient (Wildman–Crippen LogP) is 3.07. The van der Waals surface area contributed by atoms with Crippen molar-refractivity contribution >= 4 is 22.7 Å². The van der Waals surface area contributed by atoms with E-state index in [-0.39, 0.29) is 11.1 Å². The Labute approximate surface area is 117 Å². The van der Waals surface area contributed by atoms with Crippen LogP contribution in [0, 0.1) is 0 Å². The van der Waals surface area contributed by atoms with Crippen molar-refractivity contribution in [2.75, 3.05) is 5.32 Å². The molecule has 0 saturated heterocycles. The number of aromatic nitrogens is 2. The highest BCUT2D eigenvalue weighted by Crippen LogP contribution is 2.38. The van der Waals surface area contributed by atoms with Crippen LogP contribution < -0.4 is 5.32 Å². The molecule has 2 aromatic rings. The summed E-state index contributed by atoms with van der Waals surface area (Å²) in [6, 6.07) is 4.96. The molecule has 2 N–H and O–H groups in total. The molecule has 0 atom stereocenters. The molecule has 1 aliphatic carbocycles. The van der Waals surface area contributed by atoms with E-state index in [0.29, 0.717) is 5.52 Å². The first kappa shape index (κ1) is 12.8. The minimum Gasteiger partial charge on any atom is -0.478 e. The third kappa shape index (κ3) is 2.09. The molecule has 20 heavy (non-hydrogen) atoms. The first-order valence-electron chi connectivity index (χ1n) is 6.90. The summed E-state index contributed by atoms with van der Waals surface area (Å²) in [6.45, 7) is 2.18. The van der Waals surface area contributed by atoms with Crippen molar-refractivity contribution in [3.63, 3.8) is 0 Å². The van der Waals surface area contributed by atoms with Crippen molar-refractivity contribution in [2.45, 2.75) is 38.1 Å². The molecule has 1 heterocycles. The Morgan fingerprint density at radius 3 is 2.80 bits per heavy atom. The van der Waals surface area contributed by atoms with Crippen LogP contribution in [0.15, 0.2) is 24.5 Å². The third-order valence-electron chi connectivity index (χ3n) is 4.25.